The molecule has 2 aromatic heterocycles. The number of hydrogen-bond donors (Lipinski definition) is 1. The second-order valence-electron chi connectivity index (χ2n) is 7.73. The van der Waals surface area contributed by atoms with E-state index in [1.165, 1.54) is 0 Å². The van der Waals surface area contributed by atoms with E-state index in [1.54, 1.807) is 6.92 Å². The van der Waals surface area contributed by atoms with Crippen LogP contribution in [0.5, 0.6) is 5.75 Å². The maximum Gasteiger partial charge on any atom is 0.223 e. The van der Waals surface area contributed by atoms with Crippen LogP contribution >= 0.6 is 0 Å². The first-order valence-electron chi connectivity index (χ1n) is 10.4. The average Bonchev–Trinajstić information content (AvgIpc) is 3.52. The molecule has 1 amide bonds. The number of rotatable bonds is 6. The van der Waals surface area contributed by atoms with Crippen molar-refractivity contribution in [1.29, 1.82) is 0 Å². The lowest BCUT2D eigenvalue weighted by atomic mass is 10.2. The van der Waals surface area contributed by atoms with Gasteiger partial charge in [-0.3, -0.25) is 4.79 Å². The maximum absolute atomic E-state index is 12.6. The summed E-state index contributed by atoms with van der Waals surface area (Å²) in [5, 5.41) is 3.92. The van der Waals surface area contributed by atoms with Crippen LogP contribution in [0.4, 0.5) is 0 Å². The van der Waals surface area contributed by atoms with Crippen molar-refractivity contribution in [3.05, 3.63) is 60.2 Å². The Morgan fingerprint density at radius 3 is 2.81 bits per heavy atom. The number of para-hydroxylation sites is 2. The van der Waals surface area contributed by atoms with Crippen molar-refractivity contribution >= 4 is 16.9 Å². The number of imidazole rings is 1. The second kappa shape index (κ2) is 8.22. The predicted molar refractivity (Wildman–Crippen MR) is 114 cm³/mol. The average molecular weight is 417 g/mol. The minimum Gasteiger partial charge on any atom is -0.489 e. The molecule has 1 aliphatic rings. The molecule has 1 saturated heterocycles. The number of hydrogen-bond acceptors (Lipinski definition) is 6. The Morgan fingerprint density at radius 2 is 2.03 bits per heavy atom. The summed E-state index contributed by atoms with van der Waals surface area (Å²) in [6.45, 7) is 3.08. The number of ether oxygens (including phenoxy) is 1. The number of H-pyrrole nitrogens is 1. The van der Waals surface area contributed by atoms with Gasteiger partial charge in [0.2, 0.25) is 17.6 Å². The number of carbonyl (C=O) groups excluding carboxylic acids is 1. The highest BCUT2D eigenvalue weighted by Gasteiger charge is 2.27. The lowest BCUT2D eigenvalue weighted by Gasteiger charge is -2.17. The van der Waals surface area contributed by atoms with Crippen LogP contribution in [0.2, 0.25) is 0 Å². The standard InChI is InChI=1S/C23H23N5O3/c1-15-24-23(27-31-15)16-6-8-17(9-7-16)30-18-12-13-28(14-18)22(29)11-10-21-25-19-4-2-3-5-20(19)26-21/h2-9,18H,10-14H2,1H3,(H,25,26). The van der Waals surface area contributed by atoms with Crippen molar-refractivity contribution in [2.45, 2.75) is 32.3 Å². The molecule has 1 unspecified atom stereocenters. The first-order valence-corrected chi connectivity index (χ1v) is 10.4. The van der Waals surface area contributed by atoms with E-state index in [4.69, 9.17) is 9.26 Å². The van der Waals surface area contributed by atoms with Gasteiger partial charge in [-0.05, 0) is 36.4 Å². The molecule has 3 heterocycles. The number of carbonyl (C=O) groups is 1. The number of nitrogens with one attached hydrogen (secondary N) is 1. The summed E-state index contributed by atoms with van der Waals surface area (Å²) in [4.78, 5) is 26.6. The predicted octanol–water partition coefficient (Wildman–Crippen LogP) is 3.53. The van der Waals surface area contributed by atoms with E-state index in [1.807, 2.05) is 53.4 Å². The van der Waals surface area contributed by atoms with Crippen LogP contribution < -0.4 is 4.74 Å². The molecule has 31 heavy (non-hydrogen) atoms. The molecule has 1 fully saturated rings. The highest BCUT2D eigenvalue weighted by atomic mass is 16.5. The third-order valence-electron chi connectivity index (χ3n) is 5.45. The van der Waals surface area contributed by atoms with Crippen LogP contribution in [0.1, 0.15) is 24.6 Å². The van der Waals surface area contributed by atoms with E-state index < -0.39 is 0 Å². The van der Waals surface area contributed by atoms with Gasteiger partial charge >= 0.3 is 0 Å². The zero-order valence-corrected chi connectivity index (χ0v) is 17.2. The molecule has 4 aromatic rings. The summed E-state index contributed by atoms with van der Waals surface area (Å²) in [7, 11) is 0. The lowest BCUT2D eigenvalue weighted by Crippen LogP contribution is -2.31. The Labute approximate surface area is 179 Å². The van der Waals surface area contributed by atoms with Crippen molar-refractivity contribution in [3.63, 3.8) is 0 Å². The van der Waals surface area contributed by atoms with E-state index in [0.717, 1.165) is 34.6 Å². The van der Waals surface area contributed by atoms with Gasteiger partial charge in [-0.15, -0.1) is 0 Å². The molecule has 0 bridgehead atoms. The summed E-state index contributed by atoms with van der Waals surface area (Å²) < 4.78 is 11.1. The van der Waals surface area contributed by atoms with Crippen LogP contribution in [0.15, 0.2) is 53.1 Å². The molecule has 8 heteroatoms. The van der Waals surface area contributed by atoms with Crippen LogP contribution in [-0.4, -0.2) is 50.1 Å². The highest BCUT2D eigenvalue weighted by Crippen LogP contribution is 2.23. The number of likely N-dealkylation sites (tertiary alicyclic amines) is 1. The van der Waals surface area contributed by atoms with E-state index in [2.05, 4.69) is 20.1 Å². The Morgan fingerprint density at radius 1 is 1.19 bits per heavy atom. The normalized spacial score (nSPS) is 16.2. The van der Waals surface area contributed by atoms with Crippen molar-refractivity contribution < 1.29 is 14.1 Å². The fourth-order valence-electron chi connectivity index (χ4n) is 3.85. The third-order valence-corrected chi connectivity index (χ3v) is 5.45. The SMILES string of the molecule is Cc1nc(-c2ccc(OC3CCN(C(=O)CCc4nc5ccccc5[nH]4)C3)cc2)no1. The largest absolute Gasteiger partial charge is 0.489 e. The minimum absolute atomic E-state index is 0.00609. The van der Waals surface area contributed by atoms with Gasteiger partial charge in [0.1, 0.15) is 17.7 Å². The van der Waals surface area contributed by atoms with E-state index in [0.29, 0.717) is 37.6 Å². The van der Waals surface area contributed by atoms with E-state index in [-0.39, 0.29) is 12.0 Å². The summed E-state index contributed by atoms with van der Waals surface area (Å²) >= 11 is 0. The quantitative estimate of drug-likeness (QED) is 0.515. The summed E-state index contributed by atoms with van der Waals surface area (Å²) in [6, 6.07) is 15.5. The summed E-state index contributed by atoms with van der Waals surface area (Å²) in [5.41, 5.74) is 2.80. The van der Waals surface area contributed by atoms with Crippen molar-refractivity contribution in [1.82, 2.24) is 25.0 Å². The number of benzene rings is 2. The first kappa shape index (κ1) is 19.3. The molecule has 0 aliphatic carbocycles. The molecule has 1 N–H and O–H groups in total. The molecular formula is C23H23N5O3. The molecule has 1 atom stereocenters. The molecule has 0 radical (unpaired) electrons. The van der Waals surface area contributed by atoms with Gasteiger partial charge < -0.3 is 19.1 Å². The lowest BCUT2D eigenvalue weighted by molar-refractivity contribution is -0.130. The number of amides is 1. The Balaban J connectivity index is 1.13. The molecule has 5 rings (SSSR count). The molecule has 0 saturated carbocycles. The molecule has 158 valence electrons. The Bertz CT molecular complexity index is 1160. The second-order valence-corrected chi connectivity index (χ2v) is 7.73. The molecule has 2 aromatic carbocycles. The fourth-order valence-corrected chi connectivity index (χ4v) is 3.85. The fraction of sp³-hybridized carbons (Fsp3) is 0.304. The van der Waals surface area contributed by atoms with Gasteiger partial charge in [0.05, 0.1) is 17.6 Å². The number of fused-ring (bicyclic) bond motifs is 1. The van der Waals surface area contributed by atoms with E-state index in [9.17, 15) is 4.79 Å². The minimum atomic E-state index is -0.00609. The van der Waals surface area contributed by atoms with Gasteiger partial charge in [-0.1, -0.05) is 17.3 Å². The van der Waals surface area contributed by atoms with Crippen molar-refractivity contribution in [2.24, 2.45) is 0 Å². The zero-order chi connectivity index (χ0) is 21.2. The van der Waals surface area contributed by atoms with Gasteiger partial charge in [0.15, 0.2) is 0 Å². The molecule has 8 nitrogen and oxygen atoms in total. The van der Waals surface area contributed by atoms with Crippen molar-refractivity contribution in [3.8, 4) is 17.1 Å². The van der Waals surface area contributed by atoms with Crippen LogP contribution in [0.3, 0.4) is 0 Å². The van der Waals surface area contributed by atoms with Gasteiger partial charge in [0, 0.05) is 38.3 Å². The van der Waals surface area contributed by atoms with Crippen LogP contribution in [-0.2, 0) is 11.2 Å². The number of nitrogens with zero attached hydrogens (tertiary/aromatic N) is 4. The highest BCUT2D eigenvalue weighted by molar-refractivity contribution is 5.77. The topological polar surface area (TPSA) is 97.1 Å². The van der Waals surface area contributed by atoms with Gasteiger partial charge in [-0.2, -0.15) is 4.98 Å². The molecule has 1 aliphatic heterocycles. The number of aromatic amines is 1. The molecular weight excluding hydrogens is 394 g/mol. The summed E-state index contributed by atoms with van der Waals surface area (Å²) in [6.07, 6.45) is 1.86. The Hall–Kier alpha value is -3.68. The van der Waals surface area contributed by atoms with Gasteiger partial charge in [0.25, 0.3) is 0 Å². The smallest absolute Gasteiger partial charge is 0.223 e. The number of aromatic nitrogens is 4. The van der Waals surface area contributed by atoms with E-state index >= 15 is 0 Å². The van der Waals surface area contributed by atoms with Crippen LogP contribution in [0.25, 0.3) is 22.4 Å². The number of aryl methyl sites for hydroxylation is 2. The third kappa shape index (κ3) is 4.28. The first-order chi connectivity index (χ1) is 15.1. The maximum atomic E-state index is 12.6. The van der Waals surface area contributed by atoms with Crippen molar-refractivity contribution in [2.75, 3.05) is 13.1 Å². The Kier molecular flexibility index (Phi) is 5.11. The molecule has 0 spiro atoms. The monoisotopic (exact) mass is 417 g/mol. The summed E-state index contributed by atoms with van der Waals surface area (Å²) in [5.74, 6) is 2.84. The zero-order valence-electron chi connectivity index (χ0n) is 17.2. The van der Waals surface area contributed by atoms with Gasteiger partial charge in [-0.25, -0.2) is 4.98 Å². The van der Waals surface area contributed by atoms with Crippen LogP contribution in [0, 0.1) is 6.92 Å².